The Balaban J connectivity index is 0.00000128. The molecule has 1 heterocycles. The fourth-order valence-corrected chi connectivity index (χ4v) is 1.44. The molecule has 1 aromatic heterocycles. The van der Waals surface area contributed by atoms with Crippen LogP contribution in [0.5, 0.6) is 0 Å². The van der Waals surface area contributed by atoms with Gasteiger partial charge >= 0.3 is 58.2 Å². The van der Waals surface area contributed by atoms with Crippen LogP contribution in [0.15, 0.2) is 18.2 Å². The minimum atomic E-state index is -0.445. The number of benzene rings is 1. The number of nitro groups is 1. The van der Waals surface area contributed by atoms with Crippen LogP contribution in [0.25, 0.3) is 10.8 Å². The Kier molecular flexibility index (Phi) is 4.55. The van der Waals surface area contributed by atoms with Crippen molar-refractivity contribution in [3.63, 3.8) is 0 Å². The number of nitrogen functional groups attached to an aromatic ring is 1. The van der Waals surface area contributed by atoms with Gasteiger partial charge < -0.3 is 5.73 Å². The number of fused-ring (bicyclic) bond motifs is 1. The first-order chi connectivity index (χ1) is 7.08. The topological polar surface area (TPSA) is 82.0 Å². The van der Waals surface area contributed by atoms with E-state index in [4.69, 9.17) is 5.73 Å². The molecule has 0 bridgehead atoms. The van der Waals surface area contributed by atoms with Gasteiger partial charge in [0.2, 0.25) is 5.69 Å². The number of aryl methyl sites for hydroxylation is 1. The van der Waals surface area contributed by atoms with Crippen LogP contribution in [0.1, 0.15) is 5.69 Å². The van der Waals surface area contributed by atoms with Gasteiger partial charge in [-0.2, -0.15) is 11.5 Å². The smallest absolute Gasteiger partial charge is 0.393 e. The second-order valence-corrected chi connectivity index (χ2v) is 3.19. The monoisotopic (exact) mass is 287 g/mol. The van der Waals surface area contributed by atoms with Crippen LogP contribution in [-0.4, -0.2) is 9.91 Å². The fourth-order valence-electron chi connectivity index (χ4n) is 1.44. The number of nitro benzene ring substituents is 1. The summed E-state index contributed by atoms with van der Waals surface area (Å²) in [6.45, 7) is 1.74. The fraction of sp³-hybridized carbons (Fsp3) is 0.100. The van der Waals surface area contributed by atoms with Gasteiger partial charge in [-0.3, -0.25) is 15.1 Å². The van der Waals surface area contributed by atoms with E-state index >= 15 is 0 Å². The molecular formula is C10H8N3O2Rb. The number of hydrogen-bond donors (Lipinski definition) is 1. The molecule has 6 heteroatoms. The van der Waals surface area contributed by atoms with Gasteiger partial charge in [0.15, 0.2) is 0 Å². The number of pyridine rings is 1. The van der Waals surface area contributed by atoms with Crippen molar-refractivity contribution in [2.45, 2.75) is 6.92 Å². The molecule has 0 aliphatic heterocycles. The SMILES string of the molecule is Cc1[c-]c2cc([N+](=O)[O-])ccc2c(N)n1.[Rb+]. The standard InChI is InChI=1S/C10H8N3O2.Rb/c1-6-4-7-5-8(13(14)15)2-3-9(7)10(11)12-6;/h2-3,5H,1H3,(H2,11,12);/q-1;+1. The van der Waals surface area contributed by atoms with Gasteiger partial charge in [-0.05, 0) is 18.7 Å². The van der Waals surface area contributed by atoms with Gasteiger partial charge in [0.1, 0.15) is 0 Å². The molecule has 76 valence electrons. The molecule has 16 heavy (non-hydrogen) atoms. The average Bonchev–Trinajstić information content (AvgIpc) is 2.16. The van der Waals surface area contributed by atoms with E-state index in [1.165, 1.54) is 12.1 Å². The minimum absolute atomic E-state index is 0. The predicted octanol–water partition coefficient (Wildman–Crippen LogP) is -1.16. The molecule has 1 aromatic carbocycles. The van der Waals surface area contributed by atoms with Crippen LogP contribution in [-0.2, 0) is 0 Å². The molecule has 0 atom stereocenters. The molecule has 0 radical (unpaired) electrons. The van der Waals surface area contributed by atoms with Crippen molar-refractivity contribution < 1.29 is 63.1 Å². The summed E-state index contributed by atoms with van der Waals surface area (Å²) in [5.74, 6) is 0.371. The summed E-state index contributed by atoms with van der Waals surface area (Å²) in [6, 6.07) is 7.37. The van der Waals surface area contributed by atoms with Gasteiger partial charge in [-0.15, -0.1) is 6.07 Å². The molecule has 0 amide bonds. The van der Waals surface area contributed by atoms with Gasteiger partial charge in [0.25, 0.3) is 0 Å². The first-order valence-electron chi connectivity index (χ1n) is 4.31. The second kappa shape index (κ2) is 5.31. The van der Waals surface area contributed by atoms with E-state index in [-0.39, 0.29) is 63.9 Å². The molecule has 0 fully saturated rings. The molecule has 0 saturated heterocycles. The molecule has 0 aliphatic rings. The van der Waals surface area contributed by atoms with Crippen LogP contribution in [0.4, 0.5) is 11.5 Å². The number of aromatic nitrogens is 1. The van der Waals surface area contributed by atoms with Crippen molar-refractivity contribution in [3.05, 3.63) is 40.1 Å². The van der Waals surface area contributed by atoms with Crippen molar-refractivity contribution in [2.24, 2.45) is 0 Å². The Morgan fingerprint density at radius 1 is 1.50 bits per heavy atom. The Morgan fingerprint density at radius 3 is 2.81 bits per heavy atom. The molecule has 2 rings (SSSR count). The average molecular weight is 288 g/mol. The normalized spacial score (nSPS) is 9.81. The quantitative estimate of drug-likeness (QED) is 0.407. The second-order valence-electron chi connectivity index (χ2n) is 3.19. The number of hydrogen-bond acceptors (Lipinski definition) is 4. The van der Waals surface area contributed by atoms with E-state index in [0.29, 0.717) is 22.3 Å². The molecule has 0 spiro atoms. The van der Waals surface area contributed by atoms with E-state index in [9.17, 15) is 10.1 Å². The van der Waals surface area contributed by atoms with Crippen molar-refractivity contribution in [3.8, 4) is 0 Å². The van der Waals surface area contributed by atoms with Crippen molar-refractivity contribution in [2.75, 3.05) is 5.73 Å². The summed E-state index contributed by atoms with van der Waals surface area (Å²) >= 11 is 0. The van der Waals surface area contributed by atoms with Gasteiger partial charge in [-0.25, -0.2) is 0 Å². The Labute approximate surface area is 141 Å². The molecular weight excluding hydrogens is 280 g/mol. The number of nitrogens with zero attached hydrogens (tertiary/aromatic N) is 2. The van der Waals surface area contributed by atoms with Gasteiger partial charge in [0.05, 0.1) is 5.82 Å². The molecule has 2 aromatic rings. The maximum atomic E-state index is 10.6. The maximum Gasteiger partial charge on any atom is 1.00 e. The minimum Gasteiger partial charge on any atom is -0.393 e. The molecule has 0 unspecified atom stereocenters. The third-order valence-corrected chi connectivity index (χ3v) is 2.09. The van der Waals surface area contributed by atoms with Crippen molar-refractivity contribution in [1.29, 1.82) is 0 Å². The first-order valence-corrected chi connectivity index (χ1v) is 4.31. The van der Waals surface area contributed by atoms with Crippen LogP contribution >= 0.6 is 0 Å². The van der Waals surface area contributed by atoms with Crippen molar-refractivity contribution in [1.82, 2.24) is 4.98 Å². The number of nitrogens with two attached hydrogens (primary N) is 1. The molecule has 0 aliphatic carbocycles. The maximum absolute atomic E-state index is 10.6. The summed E-state index contributed by atoms with van der Waals surface area (Å²) in [4.78, 5) is 14.1. The van der Waals surface area contributed by atoms with Crippen LogP contribution < -0.4 is 63.9 Å². The zero-order chi connectivity index (χ0) is 11.0. The summed E-state index contributed by atoms with van der Waals surface area (Å²) in [5, 5.41) is 11.9. The summed E-state index contributed by atoms with van der Waals surface area (Å²) < 4.78 is 0. The third-order valence-electron chi connectivity index (χ3n) is 2.09. The number of rotatable bonds is 1. The van der Waals surface area contributed by atoms with Crippen LogP contribution in [0.2, 0.25) is 0 Å². The van der Waals surface area contributed by atoms with E-state index in [2.05, 4.69) is 11.1 Å². The number of non-ortho nitro benzene ring substituents is 1. The Hall–Kier alpha value is -0.365. The zero-order valence-electron chi connectivity index (χ0n) is 9.02. The Morgan fingerprint density at radius 2 is 2.19 bits per heavy atom. The van der Waals surface area contributed by atoms with E-state index in [1.807, 2.05) is 0 Å². The Bertz CT molecular complexity index is 557. The van der Waals surface area contributed by atoms with Crippen LogP contribution in [0.3, 0.4) is 0 Å². The van der Waals surface area contributed by atoms with E-state index in [1.54, 1.807) is 13.0 Å². The predicted molar refractivity (Wildman–Crippen MR) is 56.4 cm³/mol. The largest absolute Gasteiger partial charge is 1.00 e. The van der Waals surface area contributed by atoms with E-state index in [0.717, 1.165) is 0 Å². The van der Waals surface area contributed by atoms with E-state index < -0.39 is 4.92 Å². The van der Waals surface area contributed by atoms with Gasteiger partial charge in [-0.1, -0.05) is 11.5 Å². The molecule has 0 saturated carbocycles. The van der Waals surface area contributed by atoms with Crippen molar-refractivity contribution >= 4 is 22.3 Å². The van der Waals surface area contributed by atoms with Gasteiger partial charge in [0, 0.05) is 4.92 Å². The molecule has 5 nitrogen and oxygen atoms in total. The third kappa shape index (κ3) is 2.65. The molecule has 2 N–H and O–H groups in total. The summed E-state index contributed by atoms with van der Waals surface area (Å²) in [7, 11) is 0. The summed E-state index contributed by atoms with van der Waals surface area (Å²) in [5.41, 5.74) is 6.34. The first kappa shape index (κ1) is 13.7. The zero-order valence-corrected chi connectivity index (χ0v) is 13.9. The number of anilines is 1. The summed E-state index contributed by atoms with van der Waals surface area (Å²) in [6.07, 6.45) is 0. The van der Waals surface area contributed by atoms with Crippen LogP contribution in [0, 0.1) is 23.1 Å².